The number of aryl methyl sites for hydroxylation is 1. The van der Waals surface area contributed by atoms with Gasteiger partial charge in [0.2, 0.25) is 5.91 Å². The van der Waals surface area contributed by atoms with Gasteiger partial charge in [-0.3, -0.25) is 4.79 Å². The molecule has 0 saturated carbocycles. The van der Waals surface area contributed by atoms with E-state index in [0.717, 1.165) is 22.4 Å². The van der Waals surface area contributed by atoms with E-state index in [-0.39, 0.29) is 5.91 Å². The van der Waals surface area contributed by atoms with E-state index >= 15 is 0 Å². The molecule has 3 nitrogen and oxygen atoms in total. The van der Waals surface area contributed by atoms with Gasteiger partial charge < -0.3 is 10.1 Å². The van der Waals surface area contributed by atoms with E-state index in [9.17, 15) is 4.79 Å². The van der Waals surface area contributed by atoms with E-state index in [0.29, 0.717) is 12.8 Å². The molecule has 0 bridgehead atoms. The van der Waals surface area contributed by atoms with Crippen molar-refractivity contribution in [2.75, 3.05) is 12.4 Å². The van der Waals surface area contributed by atoms with Gasteiger partial charge in [-0.15, -0.1) is 0 Å². The van der Waals surface area contributed by atoms with Crippen molar-refractivity contribution in [2.45, 2.75) is 12.8 Å². The van der Waals surface area contributed by atoms with Crippen LogP contribution in [0.25, 0.3) is 10.8 Å². The van der Waals surface area contributed by atoms with Crippen LogP contribution in [-0.2, 0) is 11.2 Å². The van der Waals surface area contributed by atoms with Crippen molar-refractivity contribution in [1.82, 2.24) is 0 Å². The molecule has 3 aromatic carbocycles. The fourth-order valence-corrected chi connectivity index (χ4v) is 2.54. The molecule has 0 atom stereocenters. The lowest BCUT2D eigenvalue weighted by Gasteiger charge is -2.07. The molecule has 116 valence electrons. The lowest BCUT2D eigenvalue weighted by molar-refractivity contribution is -0.116. The zero-order valence-electron chi connectivity index (χ0n) is 13.1. The largest absolute Gasteiger partial charge is 0.497 e. The minimum Gasteiger partial charge on any atom is -0.497 e. The Morgan fingerprint density at radius 2 is 1.70 bits per heavy atom. The molecule has 23 heavy (non-hydrogen) atoms. The van der Waals surface area contributed by atoms with E-state index in [1.54, 1.807) is 7.11 Å². The smallest absolute Gasteiger partial charge is 0.224 e. The van der Waals surface area contributed by atoms with Crippen LogP contribution in [0.3, 0.4) is 0 Å². The molecule has 3 rings (SSSR count). The molecule has 0 aromatic heterocycles. The molecule has 0 unspecified atom stereocenters. The maximum atomic E-state index is 12.1. The lowest BCUT2D eigenvalue weighted by atomic mass is 10.1. The van der Waals surface area contributed by atoms with Crippen LogP contribution in [0.2, 0.25) is 0 Å². The van der Waals surface area contributed by atoms with Gasteiger partial charge in [-0.05, 0) is 47.0 Å². The van der Waals surface area contributed by atoms with Gasteiger partial charge in [0.05, 0.1) is 7.11 Å². The summed E-state index contributed by atoms with van der Waals surface area (Å²) in [6.07, 6.45) is 1.17. The number of carbonyl (C=O) groups is 1. The van der Waals surface area contributed by atoms with Crippen molar-refractivity contribution in [2.24, 2.45) is 0 Å². The van der Waals surface area contributed by atoms with Gasteiger partial charge in [0.1, 0.15) is 5.75 Å². The van der Waals surface area contributed by atoms with E-state index in [1.807, 2.05) is 60.7 Å². The summed E-state index contributed by atoms with van der Waals surface area (Å²) in [4.78, 5) is 12.1. The number of ether oxygens (including phenoxy) is 1. The van der Waals surface area contributed by atoms with Crippen LogP contribution in [0.1, 0.15) is 12.0 Å². The SMILES string of the molecule is COc1ccc(CCC(=O)Nc2ccc3ccccc3c2)cc1. The fourth-order valence-electron chi connectivity index (χ4n) is 2.54. The Bertz CT molecular complexity index is 809. The Hall–Kier alpha value is -2.81. The minimum absolute atomic E-state index is 0.0242. The first-order chi connectivity index (χ1) is 11.2. The molecule has 0 heterocycles. The summed E-state index contributed by atoms with van der Waals surface area (Å²) >= 11 is 0. The van der Waals surface area contributed by atoms with Crippen LogP contribution < -0.4 is 10.1 Å². The van der Waals surface area contributed by atoms with Crippen LogP contribution in [-0.4, -0.2) is 13.0 Å². The molecule has 0 spiro atoms. The van der Waals surface area contributed by atoms with Crippen molar-refractivity contribution < 1.29 is 9.53 Å². The zero-order valence-corrected chi connectivity index (χ0v) is 13.1. The average molecular weight is 305 g/mol. The minimum atomic E-state index is 0.0242. The number of methoxy groups -OCH3 is 1. The molecule has 0 radical (unpaired) electrons. The highest BCUT2D eigenvalue weighted by Crippen LogP contribution is 2.19. The molecule has 3 heteroatoms. The summed E-state index contributed by atoms with van der Waals surface area (Å²) < 4.78 is 5.13. The van der Waals surface area contributed by atoms with Gasteiger partial charge in [-0.2, -0.15) is 0 Å². The molecule has 0 saturated heterocycles. The Morgan fingerprint density at radius 1 is 0.957 bits per heavy atom. The molecule has 1 N–H and O–H groups in total. The fraction of sp³-hybridized carbons (Fsp3) is 0.150. The van der Waals surface area contributed by atoms with Crippen molar-refractivity contribution in [3.8, 4) is 5.75 Å². The number of carbonyl (C=O) groups excluding carboxylic acids is 1. The Kier molecular flexibility index (Phi) is 4.57. The Balaban J connectivity index is 1.59. The maximum absolute atomic E-state index is 12.1. The van der Waals surface area contributed by atoms with Crippen molar-refractivity contribution >= 4 is 22.4 Å². The van der Waals surface area contributed by atoms with E-state index in [1.165, 1.54) is 5.39 Å². The van der Waals surface area contributed by atoms with E-state index in [4.69, 9.17) is 4.74 Å². The summed E-state index contributed by atoms with van der Waals surface area (Å²) in [5.74, 6) is 0.852. The standard InChI is InChI=1S/C20H19NO2/c1-23-19-11-6-15(7-12-19)8-13-20(22)21-18-10-9-16-4-2-3-5-17(16)14-18/h2-7,9-12,14H,8,13H2,1H3,(H,21,22). The molecule has 3 aromatic rings. The first-order valence-corrected chi connectivity index (χ1v) is 7.66. The second kappa shape index (κ2) is 6.97. The second-order valence-electron chi connectivity index (χ2n) is 5.46. The maximum Gasteiger partial charge on any atom is 0.224 e. The first kappa shape index (κ1) is 15.1. The number of fused-ring (bicyclic) bond motifs is 1. The van der Waals surface area contributed by atoms with Crippen molar-refractivity contribution in [3.05, 3.63) is 72.3 Å². The van der Waals surface area contributed by atoms with Crippen molar-refractivity contribution in [3.63, 3.8) is 0 Å². The number of rotatable bonds is 5. The molecule has 0 aliphatic carbocycles. The number of hydrogen-bond acceptors (Lipinski definition) is 2. The van der Waals surface area contributed by atoms with Gasteiger partial charge in [0.15, 0.2) is 0 Å². The lowest BCUT2D eigenvalue weighted by Crippen LogP contribution is -2.12. The highest BCUT2D eigenvalue weighted by molar-refractivity contribution is 5.94. The average Bonchev–Trinajstić information content (AvgIpc) is 2.60. The monoisotopic (exact) mass is 305 g/mol. The van der Waals surface area contributed by atoms with Gasteiger partial charge in [-0.25, -0.2) is 0 Å². The van der Waals surface area contributed by atoms with E-state index < -0.39 is 0 Å². The summed E-state index contributed by atoms with van der Waals surface area (Å²) in [6.45, 7) is 0. The highest BCUT2D eigenvalue weighted by atomic mass is 16.5. The van der Waals surface area contributed by atoms with Gasteiger partial charge in [0.25, 0.3) is 0 Å². The molecule has 0 aliphatic rings. The molecule has 1 amide bonds. The number of anilines is 1. The number of nitrogens with one attached hydrogen (secondary N) is 1. The number of benzene rings is 3. The van der Waals surface area contributed by atoms with Crippen LogP contribution in [0, 0.1) is 0 Å². The third-order valence-electron chi connectivity index (χ3n) is 3.83. The predicted molar refractivity (Wildman–Crippen MR) is 93.9 cm³/mol. The Labute approximate surface area is 135 Å². The Morgan fingerprint density at radius 3 is 2.43 bits per heavy atom. The predicted octanol–water partition coefficient (Wildman–Crippen LogP) is 4.42. The van der Waals surface area contributed by atoms with Crippen LogP contribution in [0.15, 0.2) is 66.7 Å². The van der Waals surface area contributed by atoms with Gasteiger partial charge in [-0.1, -0.05) is 42.5 Å². The van der Waals surface area contributed by atoms with Crippen LogP contribution in [0.5, 0.6) is 5.75 Å². The third-order valence-corrected chi connectivity index (χ3v) is 3.83. The topological polar surface area (TPSA) is 38.3 Å². The summed E-state index contributed by atoms with van der Waals surface area (Å²) in [5.41, 5.74) is 1.96. The van der Waals surface area contributed by atoms with Crippen molar-refractivity contribution in [1.29, 1.82) is 0 Å². The van der Waals surface area contributed by atoms with Crippen LogP contribution >= 0.6 is 0 Å². The first-order valence-electron chi connectivity index (χ1n) is 7.66. The highest BCUT2D eigenvalue weighted by Gasteiger charge is 2.04. The summed E-state index contributed by atoms with van der Waals surface area (Å²) in [7, 11) is 1.64. The van der Waals surface area contributed by atoms with Gasteiger partial charge >= 0.3 is 0 Å². The molecular weight excluding hydrogens is 286 g/mol. The molecule has 0 aliphatic heterocycles. The van der Waals surface area contributed by atoms with Gasteiger partial charge in [0, 0.05) is 12.1 Å². The summed E-state index contributed by atoms with van der Waals surface area (Å²) in [5, 5.41) is 5.26. The third kappa shape index (κ3) is 3.89. The van der Waals surface area contributed by atoms with E-state index in [2.05, 4.69) is 11.4 Å². The quantitative estimate of drug-likeness (QED) is 0.758. The molecular formula is C20H19NO2. The second-order valence-corrected chi connectivity index (χ2v) is 5.46. The zero-order chi connectivity index (χ0) is 16.1. The number of amides is 1. The van der Waals surface area contributed by atoms with Crippen LogP contribution in [0.4, 0.5) is 5.69 Å². The number of hydrogen-bond donors (Lipinski definition) is 1. The normalized spacial score (nSPS) is 10.5. The summed E-state index contributed by atoms with van der Waals surface area (Å²) in [6, 6.07) is 21.9. The molecule has 0 fully saturated rings.